The van der Waals surface area contributed by atoms with Gasteiger partial charge in [-0.15, -0.1) is 0 Å². The van der Waals surface area contributed by atoms with Crippen molar-refractivity contribution in [2.75, 3.05) is 7.11 Å². The molecule has 0 aliphatic carbocycles. The predicted octanol–water partition coefficient (Wildman–Crippen LogP) is 5.72. The summed E-state index contributed by atoms with van der Waals surface area (Å²) in [5.41, 5.74) is 3.59. The van der Waals surface area contributed by atoms with Crippen molar-refractivity contribution in [3.8, 4) is 11.5 Å². The molecule has 0 fully saturated rings. The number of hydrogen-bond donors (Lipinski definition) is 0. The maximum Gasteiger partial charge on any atom is 0.135 e. The predicted molar refractivity (Wildman–Crippen MR) is 98.8 cm³/mol. The first-order chi connectivity index (χ1) is 11.8. The van der Waals surface area contributed by atoms with Crippen LogP contribution in [0.4, 0.5) is 0 Å². The number of rotatable bonds is 3. The zero-order chi connectivity index (χ0) is 16.5. The molecular weight excluding hydrogens is 364 g/mol. The van der Waals surface area contributed by atoms with Crippen LogP contribution in [0.3, 0.4) is 0 Å². The summed E-state index contributed by atoms with van der Waals surface area (Å²) in [5, 5.41) is 0. The highest BCUT2D eigenvalue weighted by molar-refractivity contribution is 9.10. The molecule has 2 nitrogen and oxygen atoms in total. The van der Waals surface area contributed by atoms with Gasteiger partial charge in [-0.25, -0.2) is 0 Å². The van der Waals surface area contributed by atoms with E-state index in [1.165, 1.54) is 16.7 Å². The average molecular weight is 381 g/mol. The van der Waals surface area contributed by atoms with Crippen LogP contribution in [0.25, 0.3) is 0 Å². The fourth-order valence-corrected chi connectivity index (χ4v) is 3.56. The second kappa shape index (κ2) is 6.33. The Morgan fingerprint density at radius 3 is 2.33 bits per heavy atom. The molecular formula is C21H17BrO2. The zero-order valence-corrected chi connectivity index (χ0v) is 14.9. The zero-order valence-electron chi connectivity index (χ0n) is 13.3. The summed E-state index contributed by atoms with van der Waals surface area (Å²) < 4.78 is 12.8. The van der Waals surface area contributed by atoms with Gasteiger partial charge in [-0.2, -0.15) is 0 Å². The first-order valence-corrected chi connectivity index (χ1v) is 8.70. The van der Waals surface area contributed by atoms with Gasteiger partial charge in [0.25, 0.3) is 0 Å². The molecule has 3 heteroatoms. The minimum atomic E-state index is -0.0329. The summed E-state index contributed by atoms with van der Waals surface area (Å²) >= 11 is 3.52. The van der Waals surface area contributed by atoms with Gasteiger partial charge < -0.3 is 9.47 Å². The molecule has 3 aromatic rings. The molecule has 24 heavy (non-hydrogen) atoms. The van der Waals surface area contributed by atoms with Crippen molar-refractivity contribution in [2.24, 2.45) is 0 Å². The smallest absolute Gasteiger partial charge is 0.135 e. The third-order valence-electron chi connectivity index (χ3n) is 4.47. The lowest BCUT2D eigenvalue weighted by Gasteiger charge is -2.20. The van der Waals surface area contributed by atoms with E-state index in [2.05, 4.69) is 70.5 Å². The van der Waals surface area contributed by atoms with Crippen LogP contribution < -0.4 is 9.47 Å². The van der Waals surface area contributed by atoms with Crippen LogP contribution >= 0.6 is 15.9 Å². The molecule has 0 unspecified atom stereocenters. The van der Waals surface area contributed by atoms with E-state index in [4.69, 9.17) is 9.47 Å². The molecule has 0 saturated carbocycles. The monoisotopic (exact) mass is 380 g/mol. The van der Waals surface area contributed by atoms with Crippen molar-refractivity contribution in [1.29, 1.82) is 0 Å². The molecule has 0 aromatic heterocycles. The highest BCUT2D eigenvalue weighted by atomic mass is 79.9. The van der Waals surface area contributed by atoms with E-state index < -0.39 is 0 Å². The Morgan fingerprint density at radius 2 is 1.62 bits per heavy atom. The van der Waals surface area contributed by atoms with Crippen LogP contribution in [0, 0.1) is 0 Å². The lowest BCUT2D eigenvalue weighted by Crippen LogP contribution is -2.11. The molecule has 1 aliphatic rings. The third-order valence-corrected chi connectivity index (χ3v) is 4.99. The minimum Gasteiger partial charge on any atom is -0.497 e. The summed E-state index contributed by atoms with van der Waals surface area (Å²) in [7, 11) is 1.70. The van der Waals surface area contributed by atoms with Crippen molar-refractivity contribution < 1.29 is 9.47 Å². The van der Waals surface area contributed by atoms with Crippen LogP contribution in [0.1, 0.15) is 28.7 Å². The molecule has 2 atom stereocenters. The van der Waals surface area contributed by atoms with Gasteiger partial charge in [0.1, 0.15) is 17.6 Å². The van der Waals surface area contributed by atoms with Gasteiger partial charge in [0.05, 0.1) is 13.0 Å². The van der Waals surface area contributed by atoms with Crippen molar-refractivity contribution in [1.82, 2.24) is 0 Å². The quantitative estimate of drug-likeness (QED) is 0.578. The largest absolute Gasteiger partial charge is 0.497 e. The van der Waals surface area contributed by atoms with E-state index >= 15 is 0 Å². The molecule has 0 N–H and O–H groups in total. The van der Waals surface area contributed by atoms with Gasteiger partial charge in [-0.05, 0) is 41.5 Å². The number of halogens is 1. The van der Waals surface area contributed by atoms with Crippen LogP contribution in [0.2, 0.25) is 0 Å². The molecule has 0 spiro atoms. The molecule has 4 rings (SSSR count). The molecule has 0 amide bonds. The maximum atomic E-state index is 6.32. The second-order valence-corrected chi connectivity index (χ2v) is 6.80. The fourth-order valence-electron chi connectivity index (χ4n) is 3.30. The maximum absolute atomic E-state index is 6.32. The third kappa shape index (κ3) is 2.69. The second-order valence-electron chi connectivity index (χ2n) is 5.88. The van der Waals surface area contributed by atoms with E-state index in [0.29, 0.717) is 0 Å². The number of hydrogen-bond acceptors (Lipinski definition) is 2. The number of methoxy groups -OCH3 is 1. The molecule has 0 radical (unpaired) electrons. The number of benzene rings is 3. The van der Waals surface area contributed by atoms with E-state index in [0.717, 1.165) is 16.0 Å². The standard InChI is InChI=1S/C21H17BrO2/c1-23-17-11-12-19-18(13-17)20(14-7-9-16(22)10-8-14)21(24-19)15-5-3-2-4-6-15/h2-13,20-21H,1H3/t20-,21-/m1/s1. The highest BCUT2D eigenvalue weighted by Crippen LogP contribution is 2.50. The SMILES string of the molecule is COc1ccc2c(c1)[C@@H](c1ccc(Br)cc1)[C@@H](c1ccccc1)O2. The van der Waals surface area contributed by atoms with Crippen molar-refractivity contribution in [3.63, 3.8) is 0 Å². The van der Waals surface area contributed by atoms with Crippen molar-refractivity contribution >= 4 is 15.9 Å². The van der Waals surface area contributed by atoms with E-state index in [1.54, 1.807) is 7.11 Å². The van der Waals surface area contributed by atoms with Gasteiger partial charge in [0.2, 0.25) is 0 Å². The lowest BCUT2D eigenvalue weighted by molar-refractivity contribution is 0.222. The van der Waals surface area contributed by atoms with Gasteiger partial charge >= 0.3 is 0 Å². The topological polar surface area (TPSA) is 18.5 Å². The van der Waals surface area contributed by atoms with Gasteiger partial charge in [0.15, 0.2) is 0 Å². The van der Waals surface area contributed by atoms with E-state index in [9.17, 15) is 0 Å². The van der Waals surface area contributed by atoms with Crippen molar-refractivity contribution in [2.45, 2.75) is 12.0 Å². The van der Waals surface area contributed by atoms with Crippen molar-refractivity contribution in [3.05, 3.63) is 94.0 Å². The minimum absolute atomic E-state index is 0.0329. The summed E-state index contributed by atoms with van der Waals surface area (Å²) in [5.74, 6) is 1.93. The highest BCUT2D eigenvalue weighted by Gasteiger charge is 2.36. The molecule has 0 saturated heterocycles. The van der Waals surface area contributed by atoms with Gasteiger partial charge in [-0.1, -0.05) is 58.4 Å². The van der Waals surface area contributed by atoms with E-state index in [-0.39, 0.29) is 12.0 Å². The van der Waals surface area contributed by atoms with Crippen LogP contribution in [0.15, 0.2) is 77.3 Å². The summed E-state index contributed by atoms with van der Waals surface area (Å²) in [6, 6.07) is 24.9. The summed E-state index contributed by atoms with van der Waals surface area (Å²) in [6.07, 6.45) is -0.0329. The summed E-state index contributed by atoms with van der Waals surface area (Å²) in [6.45, 7) is 0. The first kappa shape index (κ1) is 15.3. The van der Waals surface area contributed by atoms with Crippen LogP contribution in [-0.2, 0) is 0 Å². The Hall–Kier alpha value is -2.26. The molecule has 1 aliphatic heterocycles. The molecule has 0 bridgehead atoms. The Labute approximate surface area is 150 Å². The average Bonchev–Trinajstić information content (AvgIpc) is 3.01. The summed E-state index contributed by atoms with van der Waals surface area (Å²) in [4.78, 5) is 0. The molecule has 1 heterocycles. The van der Waals surface area contributed by atoms with Crippen LogP contribution in [0.5, 0.6) is 11.5 Å². The van der Waals surface area contributed by atoms with Gasteiger partial charge in [-0.3, -0.25) is 0 Å². The normalized spacial score (nSPS) is 18.8. The molecule has 3 aromatic carbocycles. The number of ether oxygens (including phenoxy) is 2. The Bertz CT molecular complexity index is 843. The first-order valence-electron chi connectivity index (χ1n) is 7.91. The Kier molecular flexibility index (Phi) is 4.03. The van der Waals surface area contributed by atoms with Crippen LogP contribution in [-0.4, -0.2) is 7.11 Å². The molecule has 120 valence electrons. The Balaban J connectivity index is 1.85. The van der Waals surface area contributed by atoms with Gasteiger partial charge in [0, 0.05) is 10.0 Å². The van der Waals surface area contributed by atoms with E-state index in [1.807, 2.05) is 18.2 Å². The fraction of sp³-hybridized carbons (Fsp3) is 0.143. The lowest BCUT2D eigenvalue weighted by atomic mass is 9.85. The number of fused-ring (bicyclic) bond motifs is 1. The Morgan fingerprint density at radius 1 is 0.875 bits per heavy atom.